The monoisotopic (exact) mass is 457 g/mol. The second-order valence-corrected chi connectivity index (χ2v) is 9.82. The molecule has 166 valence electrons. The van der Waals surface area contributed by atoms with Gasteiger partial charge in [0.15, 0.2) is 5.78 Å². The zero-order chi connectivity index (χ0) is 22.4. The first-order valence-electron chi connectivity index (χ1n) is 9.64. The lowest BCUT2D eigenvalue weighted by atomic mass is 9.82. The first kappa shape index (κ1) is 21.8. The van der Waals surface area contributed by atoms with Crippen molar-refractivity contribution in [1.29, 1.82) is 0 Å². The van der Waals surface area contributed by atoms with Crippen molar-refractivity contribution < 1.29 is 35.5 Å². The van der Waals surface area contributed by atoms with E-state index in [0.717, 1.165) is 6.07 Å². The fourth-order valence-corrected chi connectivity index (χ4v) is 5.60. The summed E-state index contributed by atoms with van der Waals surface area (Å²) in [5.41, 5.74) is -1.86. The lowest BCUT2D eigenvalue weighted by molar-refractivity contribution is -0.140. The topological polar surface area (TPSA) is 63.7 Å². The average molecular weight is 457 g/mol. The van der Waals surface area contributed by atoms with Gasteiger partial charge in [-0.1, -0.05) is 18.2 Å². The molecule has 0 amide bonds. The predicted octanol–water partition coefficient (Wildman–Crippen LogP) is 4.17. The molecule has 4 rings (SSSR count). The number of ether oxygens (including phenoxy) is 1. The molecule has 1 saturated heterocycles. The maximum absolute atomic E-state index is 13.4. The molecule has 0 unspecified atom stereocenters. The summed E-state index contributed by atoms with van der Waals surface area (Å²) in [6.45, 7) is 0.0284. The summed E-state index contributed by atoms with van der Waals surface area (Å²) in [6, 6.07) is 8.47. The normalized spacial score (nSPS) is 19.2. The van der Waals surface area contributed by atoms with Gasteiger partial charge >= 0.3 is 6.18 Å². The number of Topliss-reactive ketones (excluding diaryl/α,β-unsaturated/α-hetero) is 1. The SMILES string of the molecule is O=C1CC2(CCN(S(=O)(=O)Cc3ccc(F)cc3)CC2)Oc2c1cccc2C(F)(F)F. The number of benzene rings is 2. The van der Waals surface area contributed by atoms with Crippen LogP contribution in [-0.4, -0.2) is 37.2 Å². The minimum absolute atomic E-state index is 0.0142. The van der Waals surface area contributed by atoms with E-state index in [1.807, 2.05) is 0 Å². The molecule has 0 bridgehead atoms. The van der Waals surface area contributed by atoms with E-state index in [0.29, 0.717) is 5.56 Å². The molecule has 1 spiro atoms. The number of para-hydroxylation sites is 1. The Hall–Kier alpha value is -2.46. The van der Waals surface area contributed by atoms with Gasteiger partial charge in [0.2, 0.25) is 10.0 Å². The quantitative estimate of drug-likeness (QED) is 0.649. The number of carbonyl (C=O) groups excluding carboxylic acids is 1. The largest absolute Gasteiger partial charge is 0.485 e. The van der Waals surface area contributed by atoms with Crippen molar-refractivity contribution in [1.82, 2.24) is 4.31 Å². The van der Waals surface area contributed by atoms with E-state index in [-0.39, 0.29) is 43.7 Å². The Bertz CT molecular complexity index is 1110. The van der Waals surface area contributed by atoms with Gasteiger partial charge in [-0.2, -0.15) is 13.2 Å². The second-order valence-electron chi connectivity index (χ2n) is 7.85. The van der Waals surface area contributed by atoms with Crippen molar-refractivity contribution in [2.75, 3.05) is 13.1 Å². The van der Waals surface area contributed by atoms with Crippen LogP contribution in [0.2, 0.25) is 0 Å². The molecule has 10 heteroatoms. The maximum atomic E-state index is 13.4. The number of hydrogen-bond donors (Lipinski definition) is 0. The van der Waals surface area contributed by atoms with Gasteiger partial charge in [-0.05, 0) is 29.8 Å². The minimum atomic E-state index is -4.68. The summed E-state index contributed by atoms with van der Waals surface area (Å²) in [7, 11) is -3.72. The van der Waals surface area contributed by atoms with Gasteiger partial charge in [0.05, 0.1) is 23.3 Å². The fourth-order valence-electron chi connectivity index (χ4n) is 4.06. The van der Waals surface area contributed by atoms with E-state index in [1.165, 1.54) is 40.7 Å². The molecule has 2 aliphatic rings. The van der Waals surface area contributed by atoms with Crippen molar-refractivity contribution in [3.05, 3.63) is 65.0 Å². The molecule has 0 aromatic heterocycles. The minimum Gasteiger partial charge on any atom is -0.485 e. The first-order chi connectivity index (χ1) is 14.5. The Morgan fingerprint density at radius 1 is 1.03 bits per heavy atom. The zero-order valence-corrected chi connectivity index (χ0v) is 17.1. The Balaban J connectivity index is 1.52. The first-order valence-corrected chi connectivity index (χ1v) is 11.2. The molecule has 0 atom stereocenters. The molecule has 2 heterocycles. The molecule has 2 aromatic carbocycles. The number of alkyl halides is 3. The molecular formula is C21H19F4NO4S. The standard InChI is InChI=1S/C21H19F4NO4S/c22-15-6-4-14(5-7-15)13-31(28,29)26-10-8-20(9-11-26)12-18(27)16-2-1-3-17(19(16)30-20)21(23,24)25/h1-7H,8-13H2. The van der Waals surface area contributed by atoms with Crippen LogP contribution >= 0.6 is 0 Å². The van der Waals surface area contributed by atoms with Crippen molar-refractivity contribution in [3.63, 3.8) is 0 Å². The van der Waals surface area contributed by atoms with Crippen LogP contribution in [0, 0.1) is 5.82 Å². The summed E-state index contributed by atoms with van der Waals surface area (Å²) in [5, 5.41) is 0. The summed E-state index contributed by atoms with van der Waals surface area (Å²) in [6.07, 6.45) is -4.60. The average Bonchev–Trinajstić information content (AvgIpc) is 2.69. The fraction of sp³-hybridized carbons (Fsp3) is 0.381. The number of fused-ring (bicyclic) bond motifs is 1. The van der Waals surface area contributed by atoms with Gasteiger partial charge in [-0.3, -0.25) is 4.79 Å². The molecule has 31 heavy (non-hydrogen) atoms. The molecule has 0 radical (unpaired) electrons. The summed E-state index contributed by atoms with van der Waals surface area (Å²) < 4.78 is 85.7. The van der Waals surface area contributed by atoms with E-state index in [2.05, 4.69) is 0 Å². The highest BCUT2D eigenvalue weighted by atomic mass is 32.2. The van der Waals surface area contributed by atoms with Crippen LogP contribution < -0.4 is 4.74 Å². The van der Waals surface area contributed by atoms with Crippen LogP contribution in [0.15, 0.2) is 42.5 Å². The smallest absolute Gasteiger partial charge is 0.419 e. The van der Waals surface area contributed by atoms with E-state index in [1.54, 1.807) is 0 Å². The molecule has 5 nitrogen and oxygen atoms in total. The predicted molar refractivity (Wildman–Crippen MR) is 104 cm³/mol. The number of sulfonamides is 1. The van der Waals surface area contributed by atoms with Gasteiger partial charge in [-0.15, -0.1) is 0 Å². The molecule has 0 N–H and O–H groups in total. The summed E-state index contributed by atoms with van der Waals surface area (Å²) in [4.78, 5) is 12.6. The van der Waals surface area contributed by atoms with E-state index < -0.39 is 44.7 Å². The van der Waals surface area contributed by atoms with Crippen LogP contribution in [0.1, 0.15) is 40.7 Å². The van der Waals surface area contributed by atoms with Crippen molar-refractivity contribution >= 4 is 15.8 Å². The lowest BCUT2D eigenvalue weighted by Crippen LogP contribution is -2.52. The van der Waals surface area contributed by atoms with Crippen LogP contribution in [0.25, 0.3) is 0 Å². The Morgan fingerprint density at radius 3 is 2.29 bits per heavy atom. The number of ketones is 1. The zero-order valence-electron chi connectivity index (χ0n) is 16.3. The van der Waals surface area contributed by atoms with Gasteiger partial charge in [-0.25, -0.2) is 17.1 Å². The summed E-state index contributed by atoms with van der Waals surface area (Å²) >= 11 is 0. The number of carbonyl (C=O) groups is 1. The Labute approximate surface area is 176 Å². The molecule has 0 aliphatic carbocycles. The van der Waals surface area contributed by atoms with Gasteiger partial charge in [0.1, 0.15) is 17.2 Å². The molecule has 2 aliphatic heterocycles. The van der Waals surface area contributed by atoms with Gasteiger partial charge in [0, 0.05) is 25.9 Å². The summed E-state index contributed by atoms with van der Waals surface area (Å²) in [5.74, 6) is -1.72. The van der Waals surface area contributed by atoms with Crippen LogP contribution in [-0.2, 0) is 22.0 Å². The number of piperidine rings is 1. The number of hydrogen-bond acceptors (Lipinski definition) is 4. The third-order valence-electron chi connectivity index (χ3n) is 5.71. The van der Waals surface area contributed by atoms with E-state index >= 15 is 0 Å². The lowest BCUT2D eigenvalue weighted by Gasteiger charge is -2.44. The Morgan fingerprint density at radius 2 is 1.68 bits per heavy atom. The highest BCUT2D eigenvalue weighted by Gasteiger charge is 2.47. The highest BCUT2D eigenvalue weighted by molar-refractivity contribution is 7.88. The van der Waals surface area contributed by atoms with Crippen LogP contribution in [0.3, 0.4) is 0 Å². The molecular weight excluding hydrogens is 438 g/mol. The number of rotatable bonds is 3. The van der Waals surface area contributed by atoms with Crippen LogP contribution in [0.5, 0.6) is 5.75 Å². The van der Waals surface area contributed by atoms with Gasteiger partial charge in [0.25, 0.3) is 0 Å². The Kier molecular flexibility index (Phi) is 5.33. The number of nitrogens with zero attached hydrogens (tertiary/aromatic N) is 1. The maximum Gasteiger partial charge on any atom is 0.419 e. The molecule has 0 saturated carbocycles. The number of halogens is 4. The third kappa shape index (κ3) is 4.31. The molecule has 1 fully saturated rings. The van der Waals surface area contributed by atoms with Crippen molar-refractivity contribution in [2.45, 2.75) is 36.8 Å². The second kappa shape index (κ2) is 7.59. The molecule has 2 aromatic rings. The van der Waals surface area contributed by atoms with E-state index in [9.17, 15) is 30.8 Å². The van der Waals surface area contributed by atoms with E-state index in [4.69, 9.17) is 4.74 Å². The van der Waals surface area contributed by atoms with Crippen LogP contribution in [0.4, 0.5) is 17.6 Å². The van der Waals surface area contributed by atoms with Crippen molar-refractivity contribution in [3.8, 4) is 5.75 Å². The highest BCUT2D eigenvalue weighted by Crippen LogP contribution is 2.46. The van der Waals surface area contributed by atoms with Crippen molar-refractivity contribution in [2.24, 2.45) is 0 Å². The third-order valence-corrected chi connectivity index (χ3v) is 7.56. The van der Waals surface area contributed by atoms with Gasteiger partial charge < -0.3 is 4.74 Å².